The largest absolute Gasteiger partial charge is 0.443 e. The van der Waals surface area contributed by atoms with Gasteiger partial charge in [0.1, 0.15) is 17.0 Å². The summed E-state index contributed by atoms with van der Waals surface area (Å²) >= 11 is 0. The van der Waals surface area contributed by atoms with Crippen LogP contribution in [0, 0.1) is 0 Å². The molecule has 1 aliphatic heterocycles. The van der Waals surface area contributed by atoms with Gasteiger partial charge in [-0.1, -0.05) is 0 Å². The highest BCUT2D eigenvalue weighted by molar-refractivity contribution is 6.09. The van der Waals surface area contributed by atoms with Gasteiger partial charge in [-0.25, -0.2) is 9.59 Å². The molecule has 1 aromatic heterocycles. The summed E-state index contributed by atoms with van der Waals surface area (Å²) in [5, 5.41) is 2.58. The first kappa shape index (κ1) is 24.3. The minimum absolute atomic E-state index is 0.0799. The predicted molar refractivity (Wildman–Crippen MR) is 114 cm³/mol. The molecule has 0 saturated carbocycles. The van der Waals surface area contributed by atoms with Crippen molar-refractivity contribution < 1.29 is 28.6 Å². The monoisotopic (exact) mass is 437 g/mol. The average Bonchev–Trinajstić information content (AvgIpc) is 2.58. The average molecular weight is 437 g/mol. The molecule has 2 heterocycles. The van der Waals surface area contributed by atoms with Crippen LogP contribution in [0.15, 0.2) is 6.07 Å². The Morgan fingerprint density at radius 2 is 1.52 bits per heavy atom. The molecule has 172 valence electrons. The number of anilines is 3. The highest BCUT2D eigenvalue weighted by Gasteiger charge is 2.34. The number of rotatable bonds is 3. The molecule has 1 aliphatic rings. The topological polar surface area (TPSA) is 123 Å². The first-order valence-electron chi connectivity index (χ1n) is 10.0. The van der Waals surface area contributed by atoms with Gasteiger partial charge >= 0.3 is 12.2 Å². The van der Waals surface area contributed by atoms with Crippen molar-refractivity contribution in [3.8, 4) is 0 Å². The number of imide groups is 1. The maximum Gasteiger partial charge on any atom is 0.425 e. The number of carbonyl (C=O) groups excluding carboxylic acids is 3. The number of nitrogens with one attached hydrogen (secondary N) is 1. The summed E-state index contributed by atoms with van der Waals surface area (Å²) in [5.41, 5.74) is -1.73. The quantitative estimate of drug-likeness (QED) is 0.760. The summed E-state index contributed by atoms with van der Waals surface area (Å²) in [6.07, 6.45) is -1.91. The van der Waals surface area contributed by atoms with E-state index in [1.807, 2.05) is 4.90 Å². The van der Waals surface area contributed by atoms with E-state index in [0.717, 1.165) is 0 Å². The molecule has 0 atom stereocenters. The molecule has 0 aliphatic carbocycles. The smallest absolute Gasteiger partial charge is 0.425 e. The lowest BCUT2D eigenvalue weighted by atomic mass is 10.2. The van der Waals surface area contributed by atoms with Gasteiger partial charge in [0.25, 0.3) is 0 Å². The van der Waals surface area contributed by atoms with Crippen LogP contribution in [0.2, 0.25) is 0 Å². The number of aromatic nitrogens is 2. The van der Waals surface area contributed by atoms with Gasteiger partial charge in [0.05, 0.1) is 13.2 Å². The van der Waals surface area contributed by atoms with Crippen LogP contribution in [0.5, 0.6) is 0 Å². The molecule has 1 saturated heterocycles. The fraction of sp³-hybridized carbons (Fsp3) is 0.650. The molecule has 2 rings (SSSR count). The second-order valence-electron chi connectivity index (χ2n) is 8.99. The number of amides is 3. The van der Waals surface area contributed by atoms with E-state index in [4.69, 9.17) is 14.2 Å². The summed E-state index contributed by atoms with van der Waals surface area (Å²) in [5.74, 6) is -0.0693. The van der Waals surface area contributed by atoms with E-state index in [1.165, 1.54) is 13.0 Å². The van der Waals surface area contributed by atoms with E-state index in [9.17, 15) is 14.4 Å². The number of carbonyl (C=O) groups is 3. The van der Waals surface area contributed by atoms with E-state index < -0.39 is 23.4 Å². The summed E-state index contributed by atoms with van der Waals surface area (Å²) in [7, 11) is 0. The zero-order valence-corrected chi connectivity index (χ0v) is 19.1. The Hall–Kier alpha value is -2.95. The summed E-state index contributed by atoms with van der Waals surface area (Å²) < 4.78 is 16.2. The standard InChI is InChI=1S/C20H31N5O6/c1-13(26)21-14-12-15(23-16(22-14)24-8-10-29-11-9-24)25(17(27)30-19(2,3)4)18(28)31-20(5,6)7/h12H,8-11H2,1-7H3,(H,21,22,23,26). The zero-order valence-electron chi connectivity index (χ0n) is 19.1. The summed E-state index contributed by atoms with van der Waals surface area (Å²) in [6.45, 7) is 13.4. The Kier molecular flexibility index (Phi) is 7.42. The molecule has 0 radical (unpaired) electrons. The van der Waals surface area contributed by atoms with Gasteiger partial charge in [-0.2, -0.15) is 14.9 Å². The van der Waals surface area contributed by atoms with Gasteiger partial charge in [-0.15, -0.1) is 0 Å². The normalized spacial score (nSPS) is 14.6. The van der Waals surface area contributed by atoms with E-state index >= 15 is 0 Å². The highest BCUT2D eigenvalue weighted by Crippen LogP contribution is 2.25. The van der Waals surface area contributed by atoms with Gasteiger partial charge in [0.15, 0.2) is 5.82 Å². The van der Waals surface area contributed by atoms with Crippen LogP contribution in [-0.2, 0) is 19.0 Å². The van der Waals surface area contributed by atoms with E-state index in [-0.39, 0.29) is 23.5 Å². The van der Waals surface area contributed by atoms with E-state index in [0.29, 0.717) is 31.2 Å². The van der Waals surface area contributed by atoms with E-state index in [1.54, 1.807) is 41.5 Å². The predicted octanol–water partition coefficient (Wildman–Crippen LogP) is 2.95. The van der Waals surface area contributed by atoms with Crippen molar-refractivity contribution in [3.63, 3.8) is 0 Å². The Bertz CT molecular complexity index is 796. The fourth-order valence-corrected chi connectivity index (χ4v) is 2.56. The molecule has 11 nitrogen and oxygen atoms in total. The van der Waals surface area contributed by atoms with Crippen molar-refractivity contribution in [2.24, 2.45) is 0 Å². The minimum Gasteiger partial charge on any atom is -0.443 e. The van der Waals surface area contributed by atoms with Gasteiger partial charge in [-0.3, -0.25) is 4.79 Å². The second kappa shape index (κ2) is 9.46. The zero-order chi connectivity index (χ0) is 23.4. The molecule has 0 bridgehead atoms. The van der Waals surface area contributed by atoms with Crippen LogP contribution in [0.3, 0.4) is 0 Å². The SMILES string of the molecule is CC(=O)Nc1cc(N(C(=O)OC(C)(C)C)C(=O)OC(C)(C)C)nc(N2CCOCC2)n1. The lowest BCUT2D eigenvalue weighted by Crippen LogP contribution is -2.44. The molecule has 0 unspecified atom stereocenters. The van der Waals surface area contributed by atoms with Gasteiger partial charge in [0.2, 0.25) is 11.9 Å². The van der Waals surface area contributed by atoms with Gasteiger partial charge < -0.3 is 24.4 Å². The van der Waals surface area contributed by atoms with Crippen molar-refractivity contribution in [3.05, 3.63) is 6.07 Å². The van der Waals surface area contributed by atoms with Gasteiger partial charge in [-0.05, 0) is 41.5 Å². The Morgan fingerprint density at radius 3 is 1.97 bits per heavy atom. The second-order valence-corrected chi connectivity index (χ2v) is 8.99. The van der Waals surface area contributed by atoms with Crippen molar-refractivity contribution in [1.82, 2.24) is 9.97 Å². The number of hydrogen-bond donors (Lipinski definition) is 1. The Balaban J connectivity index is 2.53. The molecule has 1 fully saturated rings. The van der Waals surface area contributed by atoms with Crippen LogP contribution in [-0.4, -0.2) is 65.6 Å². The molecule has 1 aromatic rings. The molecule has 31 heavy (non-hydrogen) atoms. The number of morpholine rings is 1. The summed E-state index contributed by atoms with van der Waals surface area (Å²) in [4.78, 5) is 48.8. The molecule has 0 spiro atoms. The lowest BCUT2D eigenvalue weighted by molar-refractivity contribution is -0.114. The van der Waals surface area contributed by atoms with Crippen molar-refractivity contribution in [2.45, 2.75) is 59.7 Å². The lowest BCUT2D eigenvalue weighted by Gasteiger charge is -2.30. The first-order chi connectivity index (χ1) is 14.2. The van der Waals surface area contributed by atoms with E-state index in [2.05, 4.69) is 15.3 Å². The Morgan fingerprint density at radius 1 is 1.00 bits per heavy atom. The van der Waals surface area contributed by atoms with Crippen molar-refractivity contribution in [1.29, 1.82) is 0 Å². The molecule has 11 heteroatoms. The van der Waals surface area contributed by atoms with Crippen molar-refractivity contribution in [2.75, 3.05) is 41.4 Å². The molecule has 0 aromatic carbocycles. The van der Waals surface area contributed by atoms with Crippen LogP contribution in [0.4, 0.5) is 27.2 Å². The minimum atomic E-state index is -0.956. The molecule has 1 N–H and O–H groups in total. The third-order valence-electron chi connectivity index (χ3n) is 3.68. The van der Waals surface area contributed by atoms with Crippen LogP contribution in [0.1, 0.15) is 48.5 Å². The van der Waals surface area contributed by atoms with Crippen LogP contribution in [0.25, 0.3) is 0 Å². The van der Waals surface area contributed by atoms with Crippen molar-refractivity contribution >= 4 is 35.7 Å². The first-order valence-corrected chi connectivity index (χ1v) is 10.0. The van der Waals surface area contributed by atoms with Gasteiger partial charge in [0, 0.05) is 26.1 Å². The third-order valence-corrected chi connectivity index (χ3v) is 3.68. The molecular weight excluding hydrogens is 406 g/mol. The summed E-state index contributed by atoms with van der Waals surface area (Å²) in [6, 6.07) is 1.32. The van der Waals surface area contributed by atoms with Crippen LogP contribution >= 0.6 is 0 Å². The number of nitrogens with zero attached hydrogens (tertiary/aromatic N) is 4. The van der Waals surface area contributed by atoms with Crippen LogP contribution < -0.4 is 15.1 Å². The third kappa shape index (κ3) is 7.67. The number of ether oxygens (including phenoxy) is 3. The molecule has 3 amide bonds. The fourth-order valence-electron chi connectivity index (χ4n) is 2.56. The maximum absolute atomic E-state index is 12.9. The molecular formula is C20H31N5O6. The number of hydrogen-bond acceptors (Lipinski definition) is 9. The Labute approximate surface area is 182 Å². The highest BCUT2D eigenvalue weighted by atomic mass is 16.6. The maximum atomic E-state index is 12.9.